The predicted molar refractivity (Wildman–Crippen MR) is 375 cm³/mol. The Bertz CT molecular complexity index is 5210. The molecular weight excluding hydrogens is 1060 g/mol. The van der Waals surface area contributed by atoms with E-state index in [2.05, 4.69) is 340 Å². The molecule has 0 atom stereocenters. The topological polar surface area (TPSA) is 0 Å². The van der Waals surface area contributed by atoms with Crippen LogP contribution in [0.2, 0.25) is 0 Å². The van der Waals surface area contributed by atoms with Gasteiger partial charge in [0.25, 0.3) is 0 Å². The lowest BCUT2D eigenvalue weighted by molar-refractivity contribution is 1.51. The molecule has 15 aromatic rings. The van der Waals surface area contributed by atoms with E-state index in [-0.39, 0.29) is 0 Å². The van der Waals surface area contributed by atoms with Crippen LogP contribution in [-0.2, 0) is 0 Å². The first-order chi connectivity index (χ1) is 43.7. The summed E-state index contributed by atoms with van der Waals surface area (Å²) in [5.74, 6) is 0. The van der Waals surface area contributed by atoms with E-state index in [1.165, 1.54) is 166 Å². The predicted octanol–water partition coefficient (Wildman–Crippen LogP) is 23.7. The second kappa shape index (κ2) is 21.3. The Labute approximate surface area is 513 Å². The maximum Gasteiger partial charge on any atom is -0.000137 e. The molecule has 408 valence electrons. The van der Waals surface area contributed by atoms with Crippen LogP contribution in [0, 0.1) is 0 Å². The molecule has 0 aliphatic heterocycles. The molecule has 0 radical (unpaired) electrons. The van der Waals surface area contributed by atoms with Gasteiger partial charge in [-0.1, -0.05) is 328 Å². The van der Waals surface area contributed by atoms with Crippen molar-refractivity contribution in [3.8, 4) is 66.8 Å². The minimum Gasteiger partial charge on any atom is -0.0622 e. The molecule has 2 aliphatic rings. The molecule has 0 fully saturated rings. The molecule has 0 unspecified atom stereocenters. The van der Waals surface area contributed by atoms with Crippen LogP contribution >= 0.6 is 0 Å². The Morgan fingerprint density at radius 1 is 0.114 bits per heavy atom. The van der Waals surface area contributed by atoms with Gasteiger partial charge in [-0.25, -0.2) is 0 Å². The Kier molecular flexibility index (Phi) is 12.3. The molecule has 0 N–H and O–H groups in total. The molecule has 2 aliphatic carbocycles. The van der Waals surface area contributed by atoms with E-state index in [4.69, 9.17) is 0 Å². The highest BCUT2D eigenvalue weighted by molar-refractivity contribution is 6.39. The standard InChI is InChI=1S/C88H56/c1-7-27-57(28-8-1)75-55-77-78(56-76(75)58-29-9-2-10-30-58)87-85(62-37-17-6-18-38-62)84(65-51-47-63(48-52-65)81-71-43-23-19-39-67(71)79(59-31-11-3-12-32-59)68-40-20-24-44-72(68)81)86(88(87)83(77)61-35-15-5-16-36-61)66-53-49-64(50-54-66)82-73-45-25-21-41-69(73)80(60-33-13-4-14-34-60)70-42-22-26-46-74(70)82/h1-56H. The Morgan fingerprint density at radius 2 is 0.307 bits per heavy atom. The van der Waals surface area contributed by atoms with Gasteiger partial charge in [-0.15, -0.1) is 0 Å². The second-order valence-corrected chi connectivity index (χ2v) is 23.2. The van der Waals surface area contributed by atoms with Gasteiger partial charge in [0.1, 0.15) is 0 Å². The van der Waals surface area contributed by atoms with Gasteiger partial charge in [-0.2, -0.15) is 0 Å². The molecular formula is C88H56. The molecule has 0 spiro atoms. The van der Waals surface area contributed by atoms with Crippen LogP contribution in [0.15, 0.2) is 345 Å². The molecule has 0 saturated carbocycles. The van der Waals surface area contributed by atoms with Gasteiger partial charge in [-0.05, 0) is 189 Å². The smallest absolute Gasteiger partial charge is 0.000137 e. The highest BCUT2D eigenvalue weighted by Gasteiger charge is 2.41. The van der Waals surface area contributed by atoms with Crippen molar-refractivity contribution < 1.29 is 0 Å². The van der Waals surface area contributed by atoms with Crippen LogP contribution in [-0.4, -0.2) is 0 Å². The van der Waals surface area contributed by atoms with Crippen LogP contribution in [0.25, 0.3) is 138 Å². The molecule has 0 nitrogen and oxygen atoms in total. The van der Waals surface area contributed by atoms with E-state index in [1.54, 1.807) is 0 Å². The van der Waals surface area contributed by atoms with E-state index in [1.807, 2.05) is 0 Å². The summed E-state index contributed by atoms with van der Waals surface area (Å²) in [6.45, 7) is 0. The maximum atomic E-state index is 2.51. The summed E-state index contributed by atoms with van der Waals surface area (Å²) in [5, 5.41) is 9.95. The average molecular weight is 1110 g/mol. The minimum atomic E-state index is 1.16. The lowest BCUT2D eigenvalue weighted by atomic mass is 9.83. The number of rotatable bonds is 10. The van der Waals surface area contributed by atoms with E-state index in [0.717, 1.165) is 11.1 Å². The summed E-state index contributed by atoms with van der Waals surface area (Å²) in [4.78, 5) is 0. The van der Waals surface area contributed by atoms with Gasteiger partial charge >= 0.3 is 0 Å². The van der Waals surface area contributed by atoms with Crippen molar-refractivity contribution in [2.24, 2.45) is 0 Å². The van der Waals surface area contributed by atoms with Crippen molar-refractivity contribution >= 4 is 71.0 Å². The zero-order chi connectivity index (χ0) is 58.1. The Hall–Kier alpha value is -11.4. The first kappa shape index (κ1) is 51.0. The normalized spacial score (nSPS) is 12.9. The molecule has 0 amide bonds. The molecule has 0 heteroatoms. The van der Waals surface area contributed by atoms with Crippen molar-refractivity contribution in [3.63, 3.8) is 0 Å². The number of allylic oxidation sites excluding steroid dienone is 5. The first-order valence-corrected chi connectivity index (χ1v) is 30.6. The van der Waals surface area contributed by atoms with Gasteiger partial charge in [-0.3, -0.25) is 0 Å². The van der Waals surface area contributed by atoms with Gasteiger partial charge in [0.15, 0.2) is 0 Å². The SMILES string of the molecule is c1ccc(C2=C3C(=C(c4ccccc4)c4cc(-c5ccccc5)c(-c5ccccc5)cc43)C(c3ccc(-c4c5ccccc5c(-c5ccccc5)c5ccccc45)cc3)=C2c2ccc(-c3c4ccccc4c(-c4ccccc4)c4ccccc34)cc2)cc1. The van der Waals surface area contributed by atoms with Crippen LogP contribution in [0.5, 0.6) is 0 Å². The van der Waals surface area contributed by atoms with Crippen LogP contribution in [0.3, 0.4) is 0 Å². The van der Waals surface area contributed by atoms with E-state index < -0.39 is 0 Å². The second-order valence-electron chi connectivity index (χ2n) is 23.2. The first-order valence-electron chi connectivity index (χ1n) is 30.6. The van der Waals surface area contributed by atoms with E-state index in [9.17, 15) is 0 Å². The maximum absolute atomic E-state index is 2.51. The van der Waals surface area contributed by atoms with Gasteiger partial charge in [0.2, 0.25) is 0 Å². The van der Waals surface area contributed by atoms with Crippen LogP contribution in [0.1, 0.15) is 33.4 Å². The quantitative estimate of drug-likeness (QED) is 0.120. The lowest BCUT2D eigenvalue weighted by Gasteiger charge is -2.20. The molecule has 88 heavy (non-hydrogen) atoms. The number of benzene rings is 15. The van der Waals surface area contributed by atoms with E-state index in [0.29, 0.717) is 0 Å². The van der Waals surface area contributed by atoms with Gasteiger partial charge in [0, 0.05) is 0 Å². The summed E-state index contributed by atoms with van der Waals surface area (Å²) in [7, 11) is 0. The fourth-order valence-corrected chi connectivity index (χ4v) is 14.7. The highest BCUT2D eigenvalue weighted by Crippen LogP contribution is 2.63. The lowest BCUT2D eigenvalue weighted by Crippen LogP contribution is -1.97. The number of fused-ring (bicyclic) bond motifs is 7. The summed E-state index contributed by atoms with van der Waals surface area (Å²) in [5.41, 5.74) is 29.2. The summed E-state index contributed by atoms with van der Waals surface area (Å²) < 4.78 is 0. The van der Waals surface area contributed by atoms with Crippen molar-refractivity contribution in [2.75, 3.05) is 0 Å². The third kappa shape index (κ3) is 8.29. The van der Waals surface area contributed by atoms with Crippen molar-refractivity contribution in [2.45, 2.75) is 0 Å². The van der Waals surface area contributed by atoms with Crippen LogP contribution in [0.4, 0.5) is 0 Å². The molecule has 0 aromatic heterocycles. The van der Waals surface area contributed by atoms with E-state index >= 15 is 0 Å². The fraction of sp³-hybridized carbons (Fsp3) is 0. The molecule has 0 bridgehead atoms. The van der Waals surface area contributed by atoms with Crippen molar-refractivity contribution in [3.05, 3.63) is 379 Å². The summed E-state index contributed by atoms with van der Waals surface area (Å²) in [6, 6.07) is 126. The largest absolute Gasteiger partial charge is 0.0622 e. The van der Waals surface area contributed by atoms with Gasteiger partial charge < -0.3 is 0 Å². The zero-order valence-electron chi connectivity index (χ0n) is 48.3. The average Bonchev–Trinajstić information content (AvgIpc) is 1.53. The minimum absolute atomic E-state index is 1.16. The highest BCUT2D eigenvalue weighted by atomic mass is 14.4. The third-order valence-corrected chi connectivity index (χ3v) is 18.4. The molecule has 15 aromatic carbocycles. The monoisotopic (exact) mass is 1110 g/mol. The number of hydrogen-bond donors (Lipinski definition) is 0. The summed E-state index contributed by atoms with van der Waals surface area (Å²) in [6.07, 6.45) is 0. The van der Waals surface area contributed by atoms with Gasteiger partial charge in [0.05, 0.1) is 0 Å². The summed E-state index contributed by atoms with van der Waals surface area (Å²) >= 11 is 0. The Balaban J connectivity index is 0.947. The molecule has 0 heterocycles. The fourth-order valence-electron chi connectivity index (χ4n) is 14.7. The number of hydrogen-bond acceptors (Lipinski definition) is 0. The van der Waals surface area contributed by atoms with Crippen molar-refractivity contribution in [1.82, 2.24) is 0 Å². The Morgan fingerprint density at radius 3 is 0.614 bits per heavy atom. The zero-order valence-corrected chi connectivity index (χ0v) is 48.3. The molecule has 0 saturated heterocycles. The third-order valence-electron chi connectivity index (χ3n) is 18.4. The molecule has 17 rings (SSSR count). The van der Waals surface area contributed by atoms with Crippen LogP contribution < -0.4 is 0 Å². The van der Waals surface area contributed by atoms with Crippen molar-refractivity contribution in [1.29, 1.82) is 0 Å².